The van der Waals surface area contributed by atoms with E-state index in [0.29, 0.717) is 28.3 Å². The molecule has 1 amide bonds. The van der Waals surface area contributed by atoms with E-state index < -0.39 is 6.43 Å². The molecule has 0 radical (unpaired) electrons. The Bertz CT molecular complexity index is 787. The van der Waals surface area contributed by atoms with Crippen LogP contribution in [0.2, 0.25) is 0 Å². The molecule has 1 saturated carbocycles. The van der Waals surface area contributed by atoms with Gasteiger partial charge < -0.3 is 5.32 Å². The minimum atomic E-state index is -2.60. The summed E-state index contributed by atoms with van der Waals surface area (Å²) in [5.74, 6) is 0.310. The van der Waals surface area contributed by atoms with Crippen molar-refractivity contribution in [3.63, 3.8) is 0 Å². The van der Waals surface area contributed by atoms with E-state index in [1.54, 1.807) is 13.8 Å². The van der Waals surface area contributed by atoms with Crippen molar-refractivity contribution in [1.82, 2.24) is 20.1 Å². The standard InChI is InChI=1S/C18H24F2N4O/c1-10-6-4-5-7-14(10)22-15(25)9-24-18-16(12(3)23-24)13(17(19)20)8-11(2)21-18/h8,10,14,17H,4-7,9H2,1-3H3,(H,22,25). The quantitative estimate of drug-likeness (QED) is 0.915. The predicted octanol–water partition coefficient (Wildman–Crippen LogP) is 3.68. The third-order valence-corrected chi connectivity index (χ3v) is 5.02. The van der Waals surface area contributed by atoms with Crippen LogP contribution in [0.5, 0.6) is 0 Å². The van der Waals surface area contributed by atoms with Crippen molar-refractivity contribution in [2.75, 3.05) is 0 Å². The van der Waals surface area contributed by atoms with E-state index in [-0.39, 0.29) is 24.1 Å². The van der Waals surface area contributed by atoms with E-state index in [9.17, 15) is 13.6 Å². The number of hydrogen-bond acceptors (Lipinski definition) is 3. The maximum Gasteiger partial charge on any atom is 0.264 e. The van der Waals surface area contributed by atoms with Gasteiger partial charge in [0.2, 0.25) is 5.91 Å². The number of nitrogens with one attached hydrogen (secondary N) is 1. The number of hydrogen-bond donors (Lipinski definition) is 1. The van der Waals surface area contributed by atoms with Crippen molar-refractivity contribution in [3.05, 3.63) is 23.0 Å². The van der Waals surface area contributed by atoms with Crippen LogP contribution >= 0.6 is 0 Å². The van der Waals surface area contributed by atoms with E-state index in [1.807, 2.05) is 0 Å². The van der Waals surface area contributed by atoms with Gasteiger partial charge in [-0.3, -0.25) is 4.79 Å². The number of pyridine rings is 1. The molecule has 0 saturated heterocycles. The molecular formula is C18H24F2N4O. The first-order valence-corrected chi connectivity index (χ1v) is 8.79. The first kappa shape index (κ1) is 17.8. The molecule has 3 rings (SSSR count). The van der Waals surface area contributed by atoms with E-state index in [2.05, 4.69) is 22.3 Å². The van der Waals surface area contributed by atoms with Gasteiger partial charge in [-0.15, -0.1) is 0 Å². The van der Waals surface area contributed by atoms with Crippen LogP contribution in [-0.4, -0.2) is 26.7 Å². The molecule has 0 aliphatic heterocycles. The van der Waals surface area contributed by atoms with Crippen LogP contribution < -0.4 is 5.32 Å². The molecule has 2 aromatic heterocycles. The van der Waals surface area contributed by atoms with Crippen LogP contribution in [0.1, 0.15) is 56.0 Å². The average Bonchev–Trinajstić information content (AvgIpc) is 2.84. The van der Waals surface area contributed by atoms with Crippen LogP contribution in [-0.2, 0) is 11.3 Å². The molecular weight excluding hydrogens is 326 g/mol. The summed E-state index contributed by atoms with van der Waals surface area (Å²) in [5, 5.41) is 7.70. The number of fused-ring (bicyclic) bond motifs is 1. The number of alkyl halides is 2. The van der Waals surface area contributed by atoms with Crippen molar-refractivity contribution < 1.29 is 13.6 Å². The smallest absolute Gasteiger partial charge is 0.264 e. The van der Waals surface area contributed by atoms with Crippen molar-refractivity contribution >= 4 is 16.9 Å². The van der Waals surface area contributed by atoms with Gasteiger partial charge in [-0.2, -0.15) is 5.10 Å². The lowest BCUT2D eigenvalue weighted by atomic mass is 9.86. The summed E-state index contributed by atoms with van der Waals surface area (Å²) in [6, 6.07) is 1.56. The number of nitrogens with zero attached hydrogens (tertiary/aromatic N) is 3. The van der Waals surface area contributed by atoms with E-state index in [4.69, 9.17) is 0 Å². The van der Waals surface area contributed by atoms with Gasteiger partial charge >= 0.3 is 0 Å². The highest BCUT2D eigenvalue weighted by Gasteiger charge is 2.24. The Morgan fingerprint density at radius 2 is 2.08 bits per heavy atom. The van der Waals surface area contributed by atoms with Crippen molar-refractivity contribution in [3.8, 4) is 0 Å². The molecule has 0 spiro atoms. The van der Waals surface area contributed by atoms with Crippen LogP contribution in [0, 0.1) is 19.8 Å². The Labute approximate surface area is 145 Å². The third kappa shape index (κ3) is 3.65. The van der Waals surface area contributed by atoms with Gasteiger partial charge in [-0.05, 0) is 38.7 Å². The first-order chi connectivity index (χ1) is 11.9. The maximum atomic E-state index is 13.3. The highest BCUT2D eigenvalue weighted by Crippen LogP contribution is 2.30. The second-order valence-electron chi connectivity index (χ2n) is 7.03. The summed E-state index contributed by atoms with van der Waals surface area (Å²) in [6.07, 6.45) is 1.83. The lowest BCUT2D eigenvalue weighted by Crippen LogP contribution is -2.42. The monoisotopic (exact) mass is 350 g/mol. The topological polar surface area (TPSA) is 59.8 Å². The molecule has 0 bridgehead atoms. The molecule has 2 heterocycles. The SMILES string of the molecule is Cc1cc(C(F)F)c2c(C)nn(CC(=O)NC3CCCCC3C)c2n1. The van der Waals surface area contributed by atoms with Crippen LogP contribution in [0.3, 0.4) is 0 Å². The number of amides is 1. The Hall–Kier alpha value is -2.05. The van der Waals surface area contributed by atoms with Gasteiger partial charge in [0.1, 0.15) is 6.54 Å². The Kier molecular flexibility index (Phi) is 5.01. The van der Waals surface area contributed by atoms with Crippen LogP contribution in [0.4, 0.5) is 8.78 Å². The number of rotatable bonds is 4. The fourth-order valence-electron chi connectivity index (χ4n) is 3.72. The molecule has 1 fully saturated rings. The molecule has 5 nitrogen and oxygen atoms in total. The molecule has 1 N–H and O–H groups in total. The fourth-order valence-corrected chi connectivity index (χ4v) is 3.72. The molecule has 2 atom stereocenters. The zero-order valence-corrected chi connectivity index (χ0v) is 14.9. The molecule has 136 valence electrons. The van der Waals surface area contributed by atoms with Crippen LogP contribution in [0.25, 0.3) is 11.0 Å². The predicted molar refractivity (Wildman–Crippen MR) is 91.5 cm³/mol. The first-order valence-electron chi connectivity index (χ1n) is 8.79. The number of aryl methyl sites for hydroxylation is 2. The van der Waals surface area contributed by atoms with Gasteiger partial charge in [-0.25, -0.2) is 18.4 Å². The van der Waals surface area contributed by atoms with Gasteiger partial charge in [0.05, 0.1) is 11.1 Å². The zero-order valence-electron chi connectivity index (χ0n) is 14.9. The average molecular weight is 350 g/mol. The molecule has 1 aliphatic rings. The number of aromatic nitrogens is 3. The van der Waals surface area contributed by atoms with Gasteiger partial charge in [0.25, 0.3) is 6.43 Å². The van der Waals surface area contributed by atoms with Gasteiger partial charge in [0, 0.05) is 17.3 Å². The lowest BCUT2D eigenvalue weighted by Gasteiger charge is -2.29. The molecule has 7 heteroatoms. The minimum absolute atomic E-state index is 0.00725. The largest absolute Gasteiger partial charge is 0.351 e. The third-order valence-electron chi connectivity index (χ3n) is 5.02. The summed E-state index contributed by atoms with van der Waals surface area (Å²) in [5.41, 5.74) is 1.23. The van der Waals surface area contributed by atoms with E-state index in [1.165, 1.54) is 17.2 Å². The van der Waals surface area contributed by atoms with Crippen LogP contribution in [0.15, 0.2) is 6.07 Å². The summed E-state index contributed by atoms with van der Waals surface area (Å²) < 4.78 is 28.1. The van der Waals surface area contributed by atoms with Crippen molar-refractivity contribution in [1.29, 1.82) is 0 Å². The second kappa shape index (κ2) is 7.06. The molecule has 1 aliphatic carbocycles. The molecule has 25 heavy (non-hydrogen) atoms. The molecule has 2 aromatic rings. The Morgan fingerprint density at radius 3 is 2.76 bits per heavy atom. The second-order valence-corrected chi connectivity index (χ2v) is 7.03. The summed E-state index contributed by atoms with van der Waals surface area (Å²) >= 11 is 0. The zero-order chi connectivity index (χ0) is 18.1. The minimum Gasteiger partial charge on any atom is -0.351 e. The summed E-state index contributed by atoms with van der Waals surface area (Å²) in [7, 11) is 0. The number of halogens is 2. The molecule has 2 unspecified atom stereocenters. The highest BCUT2D eigenvalue weighted by molar-refractivity contribution is 5.84. The van der Waals surface area contributed by atoms with Crippen molar-refractivity contribution in [2.45, 2.75) is 65.5 Å². The van der Waals surface area contributed by atoms with E-state index in [0.717, 1.165) is 19.3 Å². The fraction of sp³-hybridized carbons (Fsp3) is 0.611. The summed E-state index contributed by atoms with van der Waals surface area (Å²) in [4.78, 5) is 16.8. The van der Waals surface area contributed by atoms with Crippen molar-refractivity contribution in [2.24, 2.45) is 5.92 Å². The maximum absolute atomic E-state index is 13.3. The number of carbonyl (C=O) groups excluding carboxylic acids is 1. The highest BCUT2D eigenvalue weighted by atomic mass is 19.3. The Morgan fingerprint density at radius 1 is 1.36 bits per heavy atom. The Balaban J connectivity index is 1.85. The molecule has 0 aromatic carbocycles. The van der Waals surface area contributed by atoms with Gasteiger partial charge in [0.15, 0.2) is 5.65 Å². The normalized spacial score (nSPS) is 21.0. The lowest BCUT2D eigenvalue weighted by molar-refractivity contribution is -0.123. The summed E-state index contributed by atoms with van der Waals surface area (Å²) in [6.45, 7) is 5.48. The van der Waals surface area contributed by atoms with E-state index >= 15 is 0 Å². The number of carbonyl (C=O) groups is 1. The van der Waals surface area contributed by atoms with Gasteiger partial charge in [-0.1, -0.05) is 19.8 Å².